The van der Waals surface area contributed by atoms with Crippen LogP contribution in [0, 0.1) is 0 Å². The van der Waals surface area contributed by atoms with Gasteiger partial charge in [0.15, 0.2) is 0 Å². The molecule has 0 aliphatic heterocycles. The minimum atomic E-state index is 0.306. The zero-order valence-corrected chi connectivity index (χ0v) is 11.6. The van der Waals surface area contributed by atoms with Crippen LogP contribution in [0.2, 0.25) is 0 Å². The molecule has 0 spiro atoms. The average Bonchev–Trinajstić information content (AvgIpc) is 2.56. The van der Waals surface area contributed by atoms with Gasteiger partial charge in [-0.05, 0) is 6.07 Å². The molecule has 0 saturated carbocycles. The Bertz CT molecular complexity index is 639. The third-order valence-electron chi connectivity index (χ3n) is 3.03. The lowest BCUT2D eigenvalue weighted by Gasteiger charge is -2.07. The maximum atomic E-state index is 5.92. The van der Waals surface area contributed by atoms with Gasteiger partial charge >= 0.3 is 0 Å². The molecule has 0 amide bonds. The minimum Gasteiger partial charge on any atom is -0.232 e. The van der Waals surface area contributed by atoms with Crippen LogP contribution in [0.3, 0.4) is 0 Å². The van der Waals surface area contributed by atoms with E-state index in [4.69, 9.17) is 11.6 Å². The molecule has 3 aromatic rings. The molecule has 3 rings (SSSR count). The number of hydrogen-bond donors (Lipinski definition) is 0. The van der Waals surface area contributed by atoms with Gasteiger partial charge in [-0.3, -0.25) is 0 Å². The molecule has 0 N–H and O–H groups in total. The summed E-state index contributed by atoms with van der Waals surface area (Å²) in [5.41, 5.74) is 3.93. The first-order valence-corrected chi connectivity index (χ1v) is 6.95. The third-order valence-corrected chi connectivity index (χ3v) is 3.27. The third kappa shape index (κ3) is 2.70. The Labute approximate surface area is 123 Å². The second-order valence-electron chi connectivity index (χ2n) is 4.42. The molecule has 1 heterocycles. The van der Waals surface area contributed by atoms with E-state index in [2.05, 4.69) is 9.97 Å². The molecule has 0 fully saturated rings. The van der Waals surface area contributed by atoms with E-state index in [0.29, 0.717) is 11.7 Å². The highest BCUT2D eigenvalue weighted by Gasteiger charge is 2.07. The minimum absolute atomic E-state index is 0.306. The maximum Gasteiger partial charge on any atom is 0.144 e. The van der Waals surface area contributed by atoms with Crippen LogP contribution < -0.4 is 0 Å². The topological polar surface area (TPSA) is 25.8 Å². The summed E-state index contributed by atoms with van der Waals surface area (Å²) in [6, 6.07) is 22.1. The monoisotopic (exact) mass is 280 g/mol. The van der Waals surface area contributed by atoms with E-state index < -0.39 is 0 Å². The molecule has 2 aromatic carbocycles. The molecule has 0 unspecified atom stereocenters. The Morgan fingerprint density at radius 3 is 1.55 bits per heavy atom. The van der Waals surface area contributed by atoms with Crippen molar-refractivity contribution in [2.24, 2.45) is 0 Å². The largest absolute Gasteiger partial charge is 0.232 e. The molecule has 0 atom stereocenters. The van der Waals surface area contributed by atoms with Crippen LogP contribution >= 0.6 is 11.6 Å². The van der Waals surface area contributed by atoms with E-state index in [-0.39, 0.29) is 0 Å². The van der Waals surface area contributed by atoms with Crippen LogP contribution in [0.1, 0.15) is 5.82 Å². The summed E-state index contributed by atoms with van der Waals surface area (Å²) in [6.07, 6.45) is 0. The van der Waals surface area contributed by atoms with Gasteiger partial charge in [0.2, 0.25) is 0 Å². The van der Waals surface area contributed by atoms with Gasteiger partial charge < -0.3 is 0 Å². The standard InChI is InChI=1S/C17H13ClN2/c18-12-17-19-15(13-7-3-1-4-8-13)11-16(20-17)14-9-5-2-6-10-14/h1-11H,12H2. The highest BCUT2D eigenvalue weighted by atomic mass is 35.5. The van der Waals surface area contributed by atoms with Crippen molar-refractivity contribution in [2.45, 2.75) is 5.88 Å². The molecular weight excluding hydrogens is 268 g/mol. The predicted octanol–water partition coefficient (Wildman–Crippen LogP) is 4.55. The highest BCUT2D eigenvalue weighted by Crippen LogP contribution is 2.23. The van der Waals surface area contributed by atoms with Crippen molar-refractivity contribution >= 4 is 11.6 Å². The van der Waals surface area contributed by atoms with Crippen molar-refractivity contribution in [2.75, 3.05) is 0 Å². The number of rotatable bonds is 3. The molecular formula is C17H13ClN2. The average molecular weight is 281 g/mol. The van der Waals surface area contributed by atoms with Crippen molar-refractivity contribution in [1.29, 1.82) is 0 Å². The number of halogens is 1. The van der Waals surface area contributed by atoms with Crippen LogP contribution in [0.4, 0.5) is 0 Å². The van der Waals surface area contributed by atoms with Crippen LogP contribution in [-0.4, -0.2) is 9.97 Å². The molecule has 0 aliphatic rings. The van der Waals surface area contributed by atoms with E-state index in [1.807, 2.05) is 66.7 Å². The molecule has 0 saturated heterocycles. The van der Waals surface area contributed by atoms with Gasteiger partial charge in [0.1, 0.15) is 5.82 Å². The van der Waals surface area contributed by atoms with E-state index >= 15 is 0 Å². The molecule has 3 heteroatoms. The van der Waals surface area contributed by atoms with Crippen molar-refractivity contribution < 1.29 is 0 Å². The SMILES string of the molecule is ClCc1nc(-c2ccccc2)cc(-c2ccccc2)n1. The van der Waals surface area contributed by atoms with E-state index in [9.17, 15) is 0 Å². The molecule has 20 heavy (non-hydrogen) atoms. The summed E-state index contributed by atoms with van der Waals surface area (Å²) < 4.78 is 0. The Hall–Kier alpha value is -2.19. The Morgan fingerprint density at radius 1 is 0.700 bits per heavy atom. The number of nitrogens with zero attached hydrogens (tertiary/aromatic N) is 2. The quantitative estimate of drug-likeness (QED) is 0.658. The maximum absolute atomic E-state index is 5.92. The zero-order valence-electron chi connectivity index (χ0n) is 10.8. The molecule has 1 aromatic heterocycles. The predicted molar refractivity (Wildman–Crippen MR) is 82.5 cm³/mol. The highest BCUT2D eigenvalue weighted by molar-refractivity contribution is 6.16. The Balaban J connectivity index is 2.13. The van der Waals surface area contributed by atoms with Gasteiger partial charge in [-0.25, -0.2) is 9.97 Å². The molecule has 98 valence electrons. The van der Waals surface area contributed by atoms with Crippen LogP contribution in [0.25, 0.3) is 22.5 Å². The lowest BCUT2D eigenvalue weighted by Crippen LogP contribution is -1.97. The fraction of sp³-hybridized carbons (Fsp3) is 0.0588. The van der Waals surface area contributed by atoms with E-state index in [1.54, 1.807) is 0 Å². The van der Waals surface area contributed by atoms with Gasteiger partial charge in [-0.2, -0.15) is 0 Å². The number of hydrogen-bond acceptors (Lipinski definition) is 2. The van der Waals surface area contributed by atoms with Gasteiger partial charge in [0.25, 0.3) is 0 Å². The Kier molecular flexibility index (Phi) is 3.75. The summed E-state index contributed by atoms with van der Waals surface area (Å²) in [5.74, 6) is 0.951. The van der Waals surface area contributed by atoms with Crippen LogP contribution in [-0.2, 0) is 5.88 Å². The van der Waals surface area contributed by atoms with Crippen molar-refractivity contribution in [3.8, 4) is 22.5 Å². The fourth-order valence-corrected chi connectivity index (χ4v) is 2.19. The van der Waals surface area contributed by atoms with Crippen LogP contribution in [0.5, 0.6) is 0 Å². The molecule has 0 aliphatic carbocycles. The second kappa shape index (κ2) is 5.85. The Morgan fingerprint density at radius 2 is 1.15 bits per heavy atom. The van der Waals surface area contributed by atoms with Gasteiger partial charge in [-0.15, -0.1) is 11.6 Å². The van der Waals surface area contributed by atoms with Crippen molar-refractivity contribution in [3.63, 3.8) is 0 Å². The zero-order chi connectivity index (χ0) is 13.8. The van der Waals surface area contributed by atoms with Crippen LogP contribution in [0.15, 0.2) is 66.7 Å². The number of aromatic nitrogens is 2. The molecule has 0 bridgehead atoms. The second-order valence-corrected chi connectivity index (χ2v) is 4.69. The summed E-state index contributed by atoms with van der Waals surface area (Å²) in [6.45, 7) is 0. The van der Waals surface area contributed by atoms with E-state index in [1.165, 1.54) is 0 Å². The van der Waals surface area contributed by atoms with Crippen molar-refractivity contribution in [1.82, 2.24) is 9.97 Å². The number of benzene rings is 2. The first kappa shape index (κ1) is 12.8. The first-order valence-electron chi connectivity index (χ1n) is 6.41. The van der Waals surface area contributed by atoms with Gasteiger partial charge in [0.05, 0.1) is 17.3 Å². The van der Waals surface area contributed by atoms with Gasteiger partial charge in [-0.1, -0.05) is 60.7 Å². The lowest BCUT2D eigenvalue weighted by atomic mass is 10.1. The number of alkyl halides is 1. The van der Waals surface area contributed by atoms with Gasteiger partial charge in [0, 0.05) is 11.1 Å². The summed E-state index contributed by atoms with van der Waals surface area (Å²) in [7, 11) is 0. The smallest absolute Gasteiger partial charge is 0.144 e. The van der Waals surface area contributed by atoms with E-state index in [0.717, 1.165) is 22.5 Å². The van der Waals surface area contributed by atoms with Crippen molar-refractivity contribution in [3.05, 3.63) is 72.6 Å². The first-order chi connectivity index (χ1) is 9.86. The summed E-state index contributed by atoms with van der Waals surface area (Å²) in [5, 5.41) is 0. The summed E-state index contributed by atoms with van der Waals surface area (Å²) in [4.78, 5) is 9.01. The normalized spacial score (nSPS) is 10.4. The molecule has 2 nitrogen and oxygen atoms in total. The lowest BCUT2D eigenvalue weighted by molar-refractivity contribution is 1.04. The summed E-state index contributed by atoms with van der Waals surface area (Å²) >= 11 is 5.92. The molecule has 0 radical (unpaired) electrons. The fourth-order valence-electron chi connectivity index (χ4n) is 2.07.